The number of amides is 1. The summed E-state index contributed by atoms with van der Waals surface area (Å²) in [6.07, 6.45) is 1.05. The maximum Gasteiger partial charge on any atom is 0.237 e. The second-order valence-corrected chi connectivity index (χ2v) is 5.51. The predicted molar refractivity (Wildman–Crippen MR) is 51.1 cm³/mol. The molecule has 0 atom stereocenters. The number of alkyl halides is 1. The van der Waals surface area contributed by atoms with Crippen molar-refractivity contribution in [3.05, 3.63) is 0 Å². The molecule has 0 rings (SSSR count). The molecular weight excluding hydrogens is 246 g/mol. The van der Waals surface area contributed by atoms with Gasteiger partial charge in [-0.2, -0.15) is 0 Å². The Bertz CT molecular complexity index is 250. The van der Waals surface area contributed by atoms with E-state index >= 15 is 0 Å². The zero-order valence-corrected chi connectivity index (χ0v) is 9.48. The minimum atomic E-state index is -3.19. The van der Waals surface area contributed by atoms with Gasteiger partial charge in [0, 0.05) is 25.2 Å². The van der Waals surface area contributed by atoms with Gasteiger partial charge in [0.2, 0.25) is 5.91 Å². The van der Waals surface area contributed by atoms with E-state index in [2.05, 4.69) is 15.9 Å². The van der Waals surface area contributed by atoms with E-state index < -0.39 is 15.6 Å². The zero-order valence-electron chi connectivity index (χ0n) is 7.08. The number of carbonyl (C=O) groups excluding carboxylic acids is 1. The average Bonchev–Trinajstić information content (AvgIpc) is 1.84. The molecule has 4 nitrogen and oxygen atoms in total. The molecule has 0 N–H and O–H groups in total. The van der Waals surface area contributed by atoms with Crippen LogP contribution in [-0.4, -0.2) is 50.2 Å². The first-order valence-electron chi connectivity index (χ1n) is 3.34. The smallest absolute Gasteiger partial charge is 0.237 e. The van der Waals surface area contributed by atoms with E-state index in [1.54, 1.807) is 7.05 Å². The van der Waals surface area contributed by atoms with Crippen LogP contribution in [0.15, 0.2) is 0 Å². The molecule has 6 heteroatoms. The standard InChI is InChI=1S/C6H12BrNO3S/c1-8(4-3-7)6(9)5-12(2,10)11/h3-5H2,1-2H3. The van der Waals surface area contributed by atoms with Gasteiger partial charge >= 0.3 is 0 Å². The van der Waals surface area contributed by atoms with Crippen LogP contribution in [0.25, 0.3) is 0 Å². The van der Waals surface area contributed by atoms with Crippen LogP contribution in [0.2, 0.25) is 0 Å². The SMILES string of the molecule is CN(CCBr)C(=O)CS(C)(=O)=O. The molecule has 12 heavy (non-hydrogen) atoms. The van der Waals surface area contributed by atoms with Crippen molar-refractivity contribution >= 4 is 31.7 Å². The van der Waals surface area contributed by atoms with Crippen molar-refractivity contribution in [2.45, 2.75) is 0 Å². The topological polar surface area (TPSA) is 54.5 Å². The summed E-state index contributed by atoms with van der Waals surface area (Å²) < 4.78 is 21.4. The largest absolute Gasteiger partial charge is 0.344 e. The van der Waals surface area contributed by atoms with Crippen molar-refractivity contribution in [3.8, 4) is 0 Å². The molecule has 0 aromatic carbocycles. The van der Waals surface area contributed by atoms with Gasteiger partial charge in [-0.3, -0.25) is 4.79 Å². The summed E-state index contributed by atoms with van der Waals surface area (Å²) in [5, 5.41) is 0.652. The zero-order chi connectivity index (χ0) is 9.78. The normalized spacial score (nSPS) is 11.2. The number of carbonyl (C=O) groups is 1. The van der Waals surface area contributed by atoms with Crippen LogP contribution in [0.1, 0.15) is 0 Å². The van der Waals surface area contributed by atoms with E-state index in [1.807, 2.05) is 0 Å². The van der Waals surface area contributed by atoms with Crippen molar-refractivity contribution < 1.29 is 13.2 Å². The summed E-state index contributed by atoms with van der Waals surface area (Å²) in [5.41, 5.74) is 0. The van der Waals surface area contributed by atoms with Crippen LogP contribution < -0.4 is 0 Å². The summed E-state index contributed by atoms with van der Waals surface area (Å²) in [4.78, 5) is 12.5. The van der Waals surface area contributed by atoms with Gasteiger partial charge in [-0.25, -0.2) is 8.42 Å². The molecule has 0 aromatic rings. The lowest BCUT2D eigenvalue weighted by molar-refractivity contribution is -0.126. The molecule has 0 bridgehead atoms. The van der Waals surface area contributed by atoms with E-state index in [0.29, 0.717) is 11.9 Å². The Morgan fingerprint density at radius 2 is 2.00 bits per heavy atom. The highest BCUT2D eigenvalue weighted by Gasteiger charge is 2.14. The van der Waals surface area contributed by atoms with Gasteiger partial charge < -0.3 is 4.90 Å². The Morgan fingerprint density at radius 1 is 1.50 bits per heavy atom. The molecule has 0 fully saturated rings. The quantitative estimate of drug-likeness (QED) is 0.661. The maximum absolute atomic E-state index is 11.1. The van der Waals surface area contributed by atoms with Gasteiger partial charge in [0.25, 0.3) is 0 Å². The Labute approximate surface area is 81.0 Å². The molecule has 0 aliphatic rings. The molecule has 0 radical (unpaired) electrons. The lowest BCUT2D eigenvalue weighted by Gasteiger charge is -2.14. The van der Waals surface area contributed by atoms with E-state index in [1.165, 1.54) is 4.90 Å². The summed E-state index contributed by atoms with van der Waals surface area (Å²) in [6.45, 7) is 0.522. The number of rotatable bonds is 4. The fraction of sp³-hybridized carbons (Fsp3) is 0.833. The van der Waals surface area contributed by atoms with Crippen molar-refractivity contribution in [2.24, 2.45) is 0 Å². The number of nitrogens with zero attached hydrogens (tertiary/aromatic N) is 1. The second-order valence-electron chi connectivity index (χ2n) is 2.57. The van der Waals surface area contributed by atoms with Crippen LogP contribution in [-0.2, 0) is 14.6 Å². The average molecular weight is 258 g/mol. The summed E-state index contributed by atoms with van der Waals surface area (Å²) in [5.74, 6) is -0.770. The summed E-state index contributed by atoms with van der Waals surface area (Å²) >= 11 is 3.15. The monoisotopic (exact) mass is 257 g/mol. The fourth-order valence-corrected chi connectivity index (χ4v) is 1.79. The van der Waals surface area contributed by atoms with Crippen molar-refractivity contribution in [2.75, 3.05) is 30.9 Å². The second kappa shape index (κ2) is 4.81. The fourth-order valence-electron chi connectivity index (χ4n) is 0.586. The van der Waals surface area contributed by atoms with E-state index in [-0.39, 0.29) is 5.91 Å². The molecule has 0 aromatic heterocycles. The maximum atomic E-state index is 11.1. The first kappa shape index (κ1) is 11.9. The first-order valence-corrected chi connectivity index (χ1v) is 6.52. The van der Waals surface area contributed by atoms with Gasteiger partial charge in [-0.15, -0.1) is 0 Å². The highest BCUT2D eigenvalue weighted by Crippen LogP contribution is 1.92. The van der Waals surface area contributed by atoms with Gasteiger partial charge in [0.15, 0.2) is 9.84 Å². The Morgan fingerprint density at radius 3 is 2.33 bits per heavy atom. The first-order chi connectivity index (χ1) is 5.37. The lowest BCUT2D eigenvalue weighted by Crippen LogP contribution is -2.33. The third-order valence-electron chi connectivity index (χ3n) is 1.23. The van der Waals surface area contributed by atoms with Crippen LogP contribution in [0.3, 0.4) is 0 Å². The molecule has 0 saturated heterocycles. The third kappa shape index (κ3) is 5.54. The molecule has 0 aliphatic heterocycles. The van der Waals surface area contributed by atoms with Gasteiger partial charge in [0.05, 0.1) is 0 Å². The van der Waals surface area contributed by atoms with E-state index in [4.69, 9.17) is 0 Å². The molecular formula is C6H12BrNO3S. The Balaban J connectivity index is 4.05. The molecule has 72 valence electrons. The molecule has 0 saturated carbocycles. The number of sulfone groups is 1. The van der Waals surface area contributed by atoms with Crippen molar-refractivity contribution in [1.29, 1.82) is 0 Å². The van der Waals surface area contributed by atoms with Gasteiger partial charge in [-0.05, 0) is 0 Å². The third-order valence-corrected chi connectivity index (χ3v) is 2.36. The number of hydrogen-bond donors (Lipinski definition) is 0. The van der Waals surface area contributed by atoms with Crippen LogP contribution in [0.5, 0.6) is 0 Å². The Hall–Kier alpha value is -0.100. The molecule has 0 heterocycles. The molecule has 0 aliphatic carbocycles. The molecule has 0 unspecified atom stereocenters. The van der Waals surface area contributed by atoms with Crippen molar-refractivity contribution in [1.82, 2.24) is 4.90 Å². The molecule has 0 spiro atoms. The Kier molecular flexibility index (Phi) is 4.77. The van der Waals surface area contributed by atoms with E-state index in [0.717, 1.165) is 6.26 Å². The predicted octanol–water partition coefficient (Wildman–Crippen LogP) is -0.116. The van der Waals surface area contributed by atoms with Crippen molar-refractivity contribution in [3.63, 3.8) is 0 Å². The van der Waals surface area contributed by atoms with Crippen LogP contribution >= 0.6 is 15.9 Å². The minimum Gasteiger partial charge on any atom is -0.344 e. The van der Waals surface area contributed by atoms with Crippen LogP contribution in [0, 0.1) is 0 Å². The molecule has 1 amide bonds. The van der Waals surface area contributed by atoms with E-state index in [9.17, 15) is 13.2 Å². The van der Waals surface area contributed by atoms with Gasteiger partial charge in [-0.1, -0.05) is 15.9 Å². The number of hydrogen-bond acceptors (Lipinski definition) is 3. The highest BCUT2D eigenvalue weighted by atomic mass is 79.9. The summed E-state index contributed by atoms with van der Waals surface area (Å²) in [7, 11) is -1.62. The van der Waals surface area contributed by atoms with Crippen LogP contribution in [0.4, 0.5) is 0 Å². The summed E-state index contributed by atoms with van der Waals surface area (Å²) in [6, 6.07) is 0. The lowest BCUT2D eigenvalue weighted by atomic mass is 10.5. The highest BCUT2D eigenvalue weighted by molar-refractivity contribution is 9.09. The minimum absolute atomic E-state index is 0.364. The van der Waals surface area contributed by atoms with Gasteiger partial charge in [0.1, 0.15) is 5.75 Å². The number of halogens is 1.